The normalized spacial score (nSPS) is 15.7. The average Bonchev–Trinajstić information content (AvgIpc) is 2.53. The number of hydrogen-bond donors (Lipinski definition) is 2. The van der Waals surface area contributed by atoms with E-state index in [1.54, 1.807) is 6.07 Å². The summed E-state index contributed by atoms with van der Waals surface area (Å²) in [7, 11) is 0. The van der Waals surface area contributed by atoms with Crippen molar-refractivity contribution in [3.05, 3.63) is 23.1 Å². The molecule has 3 N–H and O–H groups in total. The van der Waals surface area contributed by atoms with E-state index in [4.69, 9.17) is 21.9 Å². The Balaban J connectivity index is 2.77. The quantitative estimate of drug-likeness (QED) is 0.583. The Bertz CT molecular complexity index is 262. The van der Waals surface area contributed by atoms with E-state index < -0.39 is 0 Å². The summed E-state index contributed by atoms with van der Waals surface area (Å²) in [5.74, 6) is 6.65. The van der Waals surface area contributed by atoms with Crippen LogP contribution in [0, 0.1) is 5.92 Å². The zero-order chi connectivity index (χ0) is 9.84. The van der Waals surface area contributed by atoms with Crippen LogP contribution in [0.3, 0.4) is 0 Å². The van der Waals surface area contributed by atoms with Crippen LogP contribution >= 0.6 is 11.6 Å². The molecular formula is C9H15ClN2O. The second-order valence-corrected chi connectivity index (χ2v) is 3.54. The zero-order valence-electron chi connectivity index (χ0n) is 7.88. The molecule has 0 saturated heterocycles. The van der Waals surface area contributed by atoms with E-state index in [9.17, 15) is 0 Å². The molecule has 74 valence electrons. The van der Waals surface area contributed by atoms with Gasteiger partial charge in [0.15, 0.2) is 5.22 Å². The number of nitrogens with two attached hydrogens (primary N) is 1. The van der Waals surface area contributed by atoms with E-state index in [-0.39, 0.29) is 6.04 Å². The van der Waals surface area contributed by atoms with Gasteiger partial charge in [-0.05, 0) is 29.7 Å². The Morgan fingerprint density at radius 2 is 2.31 bits per heavy atom. The van der Waals surface area contributed by atoms with Gasteiger partial charge in [-0.25, -0.2) is 5.43 Å². The van der Waals surface area contributed by atoms with Crippen LogP contribution in [0.2, 0.25) is 5.22 Å². The van der Waals surface area contributed by atoms with Crippen LogP contribution < -0.4 is 11.3 Å². The maximum atomic E-state index is 5.67. The molecule has 2 unspecified atom stereocenters. The molecule has 4 heteroatoms. The highest BCUT2D eigenvalue weighted by molar-refractivity contribution is 6.28. The third kappa shape index (κ3) is 2.46. The minimum atomic E-state index is 0.0394. The van der Waals surface area contributed by atoms with E-state index >= 15 is 0 Å². The molecule has 0 aliphatic carbocycles. The minimum absolute atomic E-state index is 0.0394. The van der Waals surface area contributed by atoms with Crippen LogP contribution in [0.4, 0.5) is 0 Å². The fraction of sp³-hybridized carbons (Fsp3) is 0.556. The largest absolute Gasteiger partial charge is 0.448 e. The summed E-state index contributed by atoms with van der Waals surface area (Å²) in [5.41, 5.74) is 2.73. The lowest BCUT2D eigenvalue weighted by Gasteiger charge is -2.19. The first-order chi connectivity index (χ1) is 6.19. The second kappa shape index (κ2) is 4.65. The van der Waals surface area contributed by atoms with E-state index in [1.165, 1.54) is 0 Å². The van der Waals surface area contributed by atoms with Gasteiger partial charge in [0.2, 0.25) is 0 Å². The van der Waals surface area contributed by atoms with Gasteiger partial charge < -0.3 is 4.42 Å². The first-order valence-corrected chi connectivity index (χ1v) is 4.78. The van der Waals surface area contributed by atoms with Crippen molar-refractivity contribution in [3.63, 3.8) is 0 Å². The highest BCUT2D eigenvalue weighted by Gasteiger charge is 2.19. The van der Waals surface area contributed by atoms with Crippen molar-refractivity contribution >= 4 is 11.6 Å². The summed E-state index contributed by atoms with van der Waals surface area (Å²) in [6.07, 6.45) is 1.03. The molecule has 0 aliphatic heterocycles. The van der Waals surface area contributed by atoms with Crippen LogP contribution in [0.25, 0.3) is 0 Å². The molecule has 0 radical (unpaired) electrons. The summed E-state index contributed by atoms with van der Waals surface area (Å²) >= 11 is 5.67. The highest BCUT2D eigenvalue weighted by Crippen LogP contribution is 2.26. The Hall–Kier alpha value is -0.510. The van der Waals surface area contributed by atoms with E-state index in [0.29, 0.717) is 11.1 Å². The Morgan fingerprint density at radius 3 is 2.69 bits per heavy atom. The molecule has 0 amide bonds. The van der Waals surface area contributed by atoms with Gasteiger partial charge in [0, 0.05) is 0 Å². The Labute approximate surface area is 83.2 Å². The number of hydrazine groups is 1. The standard InChI is InChI=1S/C9H15ClN2O/c1-3-6(2)9(12-11)7-4-5-8(10)13-7/h4-6,9,12H,3,11H2,1-2H3. The molecule has 3 nitrogen and oxygen atoms in total. The number of rotatable bonds is 4. The number of hydrogen-bond acceptors (Lipinski definition) is 3. The molecule has 1 aromatic rings. The van der Waals surface area contributed by atoms with E-state index in [2.05, 4.69) is 19.3 Å². The van der Waals surface area contributed by atoms with Crippen molar-refractivity contribution in [2.45, 2.75) is 26.3 Å². The lowest BCUT2D eigenvalue weighted by molar-refractivity contribution is 0.323. The molecule has 1 heterocycles. The van der Waals surface area contributed by atoms with Crippen molar-refractivity contribution in [3.8, 4) is 0 Å². The lowest BCUT2D eigenvalue weighted by atomic mass is 9.98. The average molecular weight is 203 g/mol. The molecule has 0 spiro atoms. The number of nitrogens with one attached hydrogen (secondary N) is 1. The maximum absolute atomic E-state index is 5.67. The Kier molecular flexibility index (Phi) is 3.78. The van der Waals surface area contributed by atoms with Gasteiger partial charge in [0.25, 0.3) is 0 Å². The van der Waals surface area contributed by atoms with E-state index in [1.807, 2.05) is 6.07 Å². The molecule has 0 fully saturated rings. The highest BCUT2D eigenvalue weighted by atomic mass is 35.5. The molecule has 0 bridgehead atoms. The Morgan fingerprint density at radius 1 is 1.62 bits per heavy atom. The fourth-order valence-corrected chi connectivity index (χ4v) is 1.41. The monoisotopic (exact) mass is 202 g/mol. The first-order valence-electron chi connectivity index (χ1n) is 4.40. The van der Waals surface area contributed by atoms with Crippen molar-refractivity contribution < 1.29 is 4.42 Å². The summed E-state index contributed by atoms with van der Waals surface area (Å²) in [5, 5.41) is 0.401. The topological polar surface area (TPSA) is 51.2 Å². The molecule has 0 saturated carbocycles. The minimum Gasteiger partial charge on any atom is -0.448 e. The smallest absolute Gasteiger partial charge is 0.193 e. The third-order valence-corrected chi connectivity index (χ3v) is 2.50. The fourth-order valence-electron chi connectivity index (χ4n) is 1.26. The van der Waals surface area contributed by atoms with E-state index in [0.717, 1.165) is 12.2 Å². The molecule has 1 rings (SSSR count). The van der Waals surface area contributed by atoms with Gasteiger partial charge in [-0.3, -0.25) is 5.84 Å². The molecule has 0 aliphatic rings. The maximum Gasteiger partial charge on any atom is 0.193 e. The van der Waals surface area contributed by atoms with Gasteiger partial charge in [-0.1, -0.05) is 20.3 Å². The molecule has 2 atom stereocenters. The van der Waals surface area contributed by atoms with Crippen molar-refractivity contribution in [1.82, 2.24) is 5.43 Å². The van der Waals surface area contributed by atoms with Gasteiger partial charge in [0.1, 0.15) is 5.76 Å². The SMILES string of the molecule is CCC(C)C(NN)c1ccc(Cl)o1. The van der Waals surface area contributed by atoms with Gasteiger partial charge in [-0.15, -0.1) is 0 Å². The zero-order valence-corrected chi connectivity index (χ0v) is 8.64. The lowest BCUT2D eigenvalue weighted by Crippen LogP contribution is -2.32. The van der Waals surface area contributed by atoms with Crippen molar-refractivity contribution in [1.29, 1.82) is 0 Å². The second-order valence-electron chi connectivity index (χ2n) is 3.17. The summed E-state index contributed by atoms with van der Waals surface area (Å²) in [6.45, 7) is 4.22. The molecule has 0 aromatic carbocycles. The van der Waals surface area contributed by atoms with Crippen molar-refractivity contribution in [2.24, 2.45) is 11.8 Å². The third-order valence-electron chi connectivity index (χ3n) is 2.29. The van der Waals surface area contributed by atoms with Gasteiger partial charge in [-0.2, -0.15) is 0 Å². The van der Waals surface area contributed by atoms with Gasteiger partial charge in [0.05, 0.1) is 6.04 Å². The van der Waals surface area contributed by atoms with Crippen LogP contribution in [-0.4, -0.2) is 0 Å². The predicted octanol–water partition coefficient (Wildman–Crippen LogP) is 2.48. The van der Waals surface area contributed by atoms with Crippen LogP contribution in [0.1, 0.15) is 32.1 Å². The van der Waals surface area contributed by atoms with Gasteiger partial charge >= 0.3 is 0 Å². The van der Waals surface area contributed by atoms with Crippen LogP contribution in [-0.2, 0) is 0 Å². The van der Waals surface area contributed by atoms with Crippen molar-refractivity contribution in [2.75, 3.05) is 0 Å². The van der Waals surface area contributed by atoms with Crippen LogP contribution in [0.15, 0.2) is 16.5 Å². The molecule has 1 aromatic heterocycles. The first kappa shape index (κ1) is 10.6. The number of furan rings is 1. The van der Waals surface area contributed by atoms with Crippen LogP contribution in [0.5, 0.6) is 0 Å². The number of halogens is 1. The molecule has 13 heavy (non-hydrogen) atoms. The summed E-state index contributed by atoms with van der Waals surface area (Å²) in [6, 6.07) is 3.61. The molecular weight excluding hydrogens is 188 g/mol. The predicted molar refractivity (Wildman–Crippen MR) is 53.2 cm³/mol. The summed E-state index contributed by atoms with van der Waals surface area (Å²) < 4.78 is 5.28. The summed E-state index contributed by atoms with van der Waals surface area (Å²) in [4.78, 5) is 0.